The zero-order valence-corrected chi connectivity index (χ0v) is 19.1. The Morgan fingerprint density at radius 2 is 2.20 bits per heavy atom. The van der Waals surface area contributed by atoms with Crippen molar-refractivity contribution in [3.63, 3.8) is 0 Å². The van der Waals surface area contributed by atoms with Gasteiger partial charge in [-0.05, 0) is 18.2 Å². The van der Waals surface area contributed by atoms with Crippen molar-refractivity contribution in [2.24, 2.45) is 4.99 Å². The molecule has 13 nitrogen and oxygen atoms in total. The predicted molar refractivity (Wildman–Crippen MR) is 122 cm³/mol. The molecule has 3 aromatic rings. The lowest BCUT2D eigenvalue weighted by atomic mass is 10.1. The third kappa shape index (κ3) is 4.25. The zero-order valence-electron chi connectivity index (χ0n) is 19.1. The van der Waals surface area contributed by atoms with Crippen molar-refractivity contribution in [3.05, 3.63) is 47.8 Å². The molecule has 0 saturated carbocycles. The van der Waals surface area contributed by atoms with Gasteiger partial charge in [0.25, 0.3) is 0 Å². The summed E-state index contributed by atoms with van der Waals surface area (Å²) in [5.41, 5.74) is 1.22. The van der Waals surface area contributed by atoms with Crippen LogP contribution in [0.2, 0.25) is 0 Å². The van der Waals surface area contributed by atoms with Crippen LogP contribution in [0.3, 0.4) is 0 Å². The molecule has 1 aromatic carbocycles. The molecule has 13 heteroatoms. The van der Waals surface area contributed by atoms with Crippen molar-refractivity contribution in [2.75, 3.05) is 32.6 Å². The van der Waals surface area contributed by atoms with Crippen molar-refractivity contribution >= 4 is 22.8 Å². The van der Waals surface area contributed by atoms with E-state index in [9.17, 15) is 15.0 Å². The molecule has 0 bridgehead atoms. The molecule has 4 heterocycles. The van der Waals surface area contributed by atoms with E-state index in [2.05, 4.69) is 25.6 Å². The fourth-order valence-corrected chi connectivity index (χ4v) is 4.08. The lowest BCUT2D eigenvalue weighted by Crippen LogP contribution is -2.66. The third-order valence-electron chi connectivity index (χ3n) is 5.90. The summed E-state index contributed by atoms with van der Waals surface area (Å²) in [4.78, 5) is 30.5. The van der Waals surface area contributed by atoms with Crippen LogP contribution in [0, 0.1) is 0 Å². The number of hydrogen-bond acceptors (Lipinski definition) is 11. The van der Waals surface area contributed by atoms with Crippen molar-refractivity contribution in [3.8, 4) is 11.5 Å². The number of ether oxygens (including phenoxy) is 2. The number of aromatic nitrogens is 3. The van der Waals surface area contributed by atoms with Gasteiger partial charge in [-0.3, -0.25) is 14.4 Å². The number of pyridine rings is 1. The minimum absolute atomic E-state index is 0.143. The first kappa shape index (κ1) is 23.0. The summed E-state index contributed by atoms with van der Waals surface area (Å²) in [7, 11) is 2.88. The van der Waals surface area contributed by atoms with Crippen LogP contribution in [0.1, 0.15) is 11.8 Å². The normalized spacial score (nSPS) is 20.6. The lowest BCUT2D eigenvalue weighted by molar-refractivity contribution is -0.285. The molecular formula is C22H25N7O6. The molecule has 1 amide bonds. The van der Waals surface area contributed by atoms with Crippen LogP contribution in [-0.4, -0.2) is 75.5 Å². The van der Waals surface area contributed by atoms with Gasteiger partial charge in [-0.15, -0.1) is 0 Å². The van der Waals surface area contributed by atoms with Gasteiger partial charge < -0.3 is 30.3 Å². The summed E-state index contributed by atoms with van der Waals surface area (Å²) in [6, 6.07) is 6.29. The minimum Gasteiger partial charge on any atom is -0.491 e. The molecule has 2 aliphatic heterocycles. The highest BCUT2D eigenvalue weighted by molar-refractivity contribution is 5.95. The number of hydrogen-bond donors (Lipinski definition) is 4. The first-order valence-electron chi connectivity index (χ1n) is 10.9. The average Bonchev–Trinajstić information content (AvgIpc) is 3.37. The first-order chi connectivity index (χ1) is 17.0. The summed E-state index contributed by atoms with van der Waals surface area (Å²) in [5, 5.41) is 28.5. The monoisotopic (exact) mass is 483 g/mol. The number of methoxy groups -OCH3 is 1. The van der Waals surface area contributed by atoms with E-state index in [0.717, 1.165) is 11.2 Å². The number of aliphatic hydroxyl groups is 2. The van der Waals surface area contributed by atoms with Gasteiger partial charge in [0.2, 0.25) is 5.62 Å². The van der Waals surface area contributed by atoms with Gasteiger partial charge >= 0.3 is 6.09 Å². The quantitative estimate of drug-likeness (QED) is 0.380. The highest BCUT2D eigenvalue weighted by atomic mass is 16.7. The number of rotatable bonds is 6. The molecule has 1 fully saturated rings. The SMILES string of the molecule is COc1c(OC(=O)NC2CN(OC)C2O)ccc2c3n(c(=NC(O)c4cccnc4)nc12)CCN3. The molecule has 184 valence electrons. The molecule has 4 N–H and O–H groups in total. The Morgan fingerprint density at radius 3 is 2.91 bits per heavy atom. The van der Waals surface area contributed by atoms with Gasteiger partial charge in [0.05, 0.1) is 26.8 Å². The first-order valence-corrected chi connectivity index (χ1v) is 10.9. The summed E-state index contributed by atoms with van der Waals surface area (Å²) >= 11 is 0. The lowest BCUT2D eigenvalue weighted by Gasteiger charge is -2.42. The van der Waals surface area contributed by atoms with E-state index >= 15 is 0 Å². The molecular weight excluding hydrogens is 458 g/mol. The second kappa shape index (κ2) is 9.46. The van der Waals surface area contributed by atoms with E-state index < -0.39 is 24.6 Å². The summed E-state index contributed by atoms with van der Waals surface area (Å²) in [6.45, 7) is 1.60. The van der Waals surface area contributed by atoms with Gasteiger partial charge in [-0.25, -0.2) is 14.8 Å². The number of carbonyl (C=O) groups is 1. The van der Waals surface area contributed by atoms with Crippen LogP contribution < -0.4 is 25.7 Å². The van der Waals surface area contributed by atoms with Gasteiger partial charge in [-0.2, -0.15) is 5.06 Å². The maximum absolute atomic E-state index is 12.5. The Balaban J connectivity index is 1.50. The number of benzene rings is 1. The van der Waals surface area contributed by atoms with Crippen molar-refractivity contribution in [1.82, 2.24) is 24.9 Å². The van der Waals surface area contributed by atoms with E-state index in [1.165, 1.54) is 25.5 Å². The van der Waals surface area contributed by atoms with E-state index in [0.29, 0.717) is 30.7 Å². The van der Waals surface area contributed by atoms with Gasteiger partial charge in [0, 0.05) is 36.4 Å². The van der Waals surface area contributed by atoms with Crippen molar-refractivity contribution < 1.29 is 29.3 Å². The Morgan fingerprint density at radius 1 is 1.34 bits per heavy atom. The Labute approximate surface area is 199 Å². The minimum atomic E-state index is -1.16. The molecule has 0 aliphatic carbocycles. The number of nitrogens with one attached hydrogen (secondary N) is 2. The van der Waals surface area contributed by atoms with Gasteiger partial charge in [0.15, 0.2) is 24.0 Å². The zero-order chi connectivity index (χ0) is 24.5. The fraction of sp³-hybridized carbons (Fsp3) is 0.364. The molecule has 0 radical (unpaired) electrons. The molecule has 2 aromatic heterocycles. The Hall–Kier alpha value is -3.78. The number of nitrogens with zero attached hydrogens (tertiary/aromatic N) is 5. The fourth-order valence-electron chi connectivity index (χ4n) is 4.08. The van der Waals surface area contributed by atoms with Crippen LogP contribution in [0.25, 0.3) is 10.9 Å². The Bertz CT molecular complexity index is 1320. The average molecular weight is 483 g/mol. The van der Waals surface area contributed by atoms with E-state index in [-0.39, 0.29) is 17.1 Å². The molecule has 35 heavy (non-hydrogen) atoms. The van der Waals surface area contributed by atoms with E-state index in [1.807, 2.05) is 4.57 Å². The van der Waals surface area contributed by atoms with Crippen LogP contribution >= 0.6 is 0 Å². The molecule has 1 saturated heterocycles. The largest absolute Gasteiger partial charge is 0.491 e. The van der Waals surface area contributed by atoms with Crippen LogP contribution in [0.15, 0.2) is 41.7 Å². The van der Waals surface area contributed by atoms with E-state index in [1.54, 1.807) is 30.5 Å². The second-order valence-electron chi connectivity index (χ2n) is 7.96. The molecule has 2 aliphatic rings. The van der Waals surface area contributed by atoms with Crippen LogP contribution in [0.5, 0.6) is 11.5 Å². The standard InChI is InChI=1S/C22H25N7O6/c1-33-17-15(35-22(32)25-14-11-29(34-2)20(14)31)6-5-13-16(17)26-21(28-9-8-24-18(13)28)27-19(30)12-4-3-7-23-10-12/h3-7,10,14,19-20,24,30-31H,8-9,11H2,1-2H3,(H,25,32). The summed E-state index contributed by atoms with van der Waals surface area (Å²) < 4.78 is 12.9. The predicted octanol–water partition coefficient (Wildman–Crippen LogP) is 0.110. The van der Waals surface area contributed by atoms with Crippen molar-refractivity contribution in [1.29, 1.82) is 0 Å². The number of hydroxylamine groups is 2. The number of fused-ring (bicyclic) bond motifs is 3. The Kier molecular flexibility index (Phi) is 6.21. The van der Waals surface area contributed by atoms with Gasteiger partial charge in [-0.1, -0.05) is 6.07 Å². The highest BCUT2D eigenvalue weighted by Gasteiger charge is 2.39. The molecule has 5 rings (SSSR count). The molecule has 3 atom stereocenters. The summed E-state index contributed by atoms with van der Waals surface area (Å²) in [6.07, 6.45) is 0.265. The molecule has 3 unspecified atom stereocenters. The molecule has 0 spiro atoms. The maximum Gasteiger partial charge on any atom is 0.413 e. The smallest absolute Gasteiger partial charge is 0.413 e. The summed E-state index contributed by atoms with van der Waals surface area (Å²) in [5.74, 6) is 1.14. The van der Waals surface area contributed by atoms with E-state index in [4.69, 9.17) is 14.3 Å². The number of aliphatic hydroxyl groups excluding tert-OH is 2. The van der Waals surface area contributed by atoms with Gasteiger partial charge in [0.1, 0.15) is 11.3 Å². The maximum atomic E-state index is 12.5. The second-order valence-corrected chi connectivity index (χ2v) is 7.96. The van der Waals surface area contributed by atoms with Crippen molar-refractivity contribution in [2.45, 2.75) is 25.0 Å². The number of anilines is 1. The highest BCUT2D eigenvalue weighted by Crippen LogP contribution is 2.37. The van der Waals surface area contributed by atoms with Crippen LogP contribution in [0.4, 0.5) is 10.6 Å². The third-order valence-corrected chi connectivity index (χ3v) is 5.90. The number of amides is 1. The van der Waals surface area contributed by atoms with Crippen LogP contribution in [-0.2, 0) is 11.4 Å². The topological polar surface area (TPSA) is 156 Å². The number of carbonyl (C=O) groups excluding carboxylic acids is 1.